The normalized spacial score (nSPS) is 27.1. The topological polar surface area (TPSA) is 26.3 Å². The SMILES string of the molecule is COC(=O)CC1CSCC1(F)F. The van der Waals surface area contributed by atoms with Crippen LogP contribution in [0.2, 0.25) is 0 Å². The van der Waals surface area contributed by atoms with Gasteiger partial charge in [-0.25, -0.2) is 8.78 Å². The van der Waals surface area contributed by atoms with E-state index in [2.05, 4.69) is 4.74 Å². The molecule has 0 aromatic carbocycles. The summed E-state index contributed by atoms with van der Waals surface area (Å²) in [5.74, 6) is -3.91. The summed E-state index contributed by atoms with van der Waals surface area (Å²) in [6, 6.07) is 0. The number of alkyl halides is 2. The van der Waals surface area contributed by atoms with Crippen molar-refractivity contribution in [2.75, 3.05) is 18.6 Å². The first kappa shape index (κ1) is 9.77. The van der Waals surface area contributed by atoms with E-state index in [1.165, 1.54) is 18.9 Å². The number of hydrogen-bond acceptors (Lipinski definition) is 3. The monoisotopic (exact) mass is 196 g/mol. The number of carbonyl (C=O) groups excluding carboxylic acids is 1. The lowest BCUT2D eigenvalue weighted by atomic mass is 10.0. The second kappa shape index (κ2) is 3.60. The maximum absolute atomic E-state index is 12.9. The van der Waals surface area contributed by atoms with E-state index >= 15 is 0 Å². The van der Waals surface area contributed by atoms with Gasteiger partial charge in [-0.3, -0.25) is 4.79 Å². The summed E-state index contributed by atoms with van der Waals surface area (Å²) in [6.07, 6.45) is -0.170. The fourth-order valence-corrected chi connectivity index (χ4v) is 2.34. The van der Waals surface area contributed by atoms with Gasteiger partial charge in [-0.15, -0.1) is 0 Å². The molecule has 1 rings (SSSR count). The third-order valence-corrected chi connectivity index (χ3v) is 3.08. The van der Waals surface area contributed by atoms with E-state index in [-0.39, 0.29) is 12.2 Å². The summed E-state index contributed by atoms with van der Waals surface area (Å²) in [4.78, 5) is 10.7. The van der Waals surface area contributed by atoms with Crippen molar-refractivity contribution in [1.82, 2.24) is 0 Å². The largest absolute Gasteiger partial charge is 0.469 e. The molecule has 0 aromatic heterocycles. The van der Waals surface area contributed by atoms with Crippen molar-refractivity contribution >= 4 is 17.7 Å². The average molecular weight is 196 g/mol. The van der Waals surface area contributed by atoms with Gasteiger partial charge in [-0.2, -0.15) is 11.8 Å². The molecule has 0 amide bonds. The van der Waals surface area contributed by atoms with Crippen LogP contribution in [0.1, 0.15) is 6.42 Å². The highest BCUT2D eigenvalue weighted by Gasteiger charge is 2.45. The molecule has 1 saturated heterocycles. The van der Waals surface area contributed by atoms with Crippen LogP contribution < -0.4 is 0 Å². The van der Waals surface area contributed by atoms with E-state index < -0.39 is 17.8 Å². The van der Waals surface area contributed by atoms with Gasteiger partial charge in [-0.05, 0) is 0 Å². The van der Waals surface area contributed by atoms with Gasteiger partial charge < -0.3 is 4.74 Å². The maximum Gasteiger partial charge on any atom is 0.306 e. The first-order valence-electron chi connectivity index (χ1n) is 3.58. The van der Waals surface area contributed by atoms with Gasteiger partial charge in [0.25, 0.3) is 5.92 Å². The zero-order valence-electron chi connectivity index (χ0n) is 6.68. The molecule has 0 saturated carbocycles. The summed E-state index contributed by atoms with van der Waals surface area (Å²) in [6.45, 7) is 0. The Morgan fingerprint density at radius 2 is 2.42 bits per heavy atom. The van der Waals surface area contributed by atoms with Crippen molar-refractivity contribution in [2.24, 2.45) is 5.92 Å². The molecule has 0 radical (unpaired) electrons. The Morgan fingerprint density at radius 3 is 2.83 bits per heavy atom. The van der Waals surface area contributed by atoms with E-state index in [0.717, 1.165) is 0 Å². The number of hydrogen-bond donors (Lipinski definition) is 0. The molecule has 1 aliphatic rings. The van der Waals surface area contributed by atoms with Crippen molar-refractivity contribution < 1.29 is 18.3 Å². The first-order chi connectivity index (χ1) is 5.56. The Hall–Kier alpha value is -0.320. The molecule has 5 heteroatoms. The second-order valence-electron chi connectivity index (χ2n) is 2.75. The summed E-state index contributed by atoms with van der Waals surface area (Å²) in [7, 11) is 1.21. The predicted octanol–water partition coefficient (Wildman–Crippen LogP) is 1.55. The molecule has 2 nitrogen and oxygen atoms in total. The number of rotatable bonds is 2. The van der Waals surface area contributed by atoms with Crippen LogP contribution in [0.25, 0.3) is 0 Å². The van der Waals surface area contributed by atoms with Gasteiger partial charge in [0.1, 0.15) is 0 Å². The number of halogens is 2. The van der Waals surface area contributed by atoms with E-state index in [9.17, 15) is 13.6 Å². The highest BCUT2D eigenvalue weighted by molar-refractivity contribution is 7.99. The van der Waals surface area contributed by atoms with E-state index in [0.29, 0.717) is 5.75 Å². The van der Waals surface area contributed by atoms with Gasteiger partial charge in [0.15, 0.2) is 0 Å². The summed E-state index contributed by atoms with van der Waals surface area (Å²) < 4.78 is 30.1. The Bertz CT molecular complexity index is 184. The smallest absolute Gasteiger partial charge is 0.306 e. The van der Waals surface area contributed by atoms with Crippen LogP contribution in [0.3, 0.4) is 0 Å². The lowest BCUT2D eigenvalue weighted by molar-refractivity contribution is -0.144. The molecule has 0 N–H and O–H groups in total. The van der Waals surface area contributed by atoms with Crippen LogP contribution in [0.4, 0.5) is 8.78 Å². The Kier molecular flexibility index (Phi) is 2.93. The molecule has 1 fully saturated rings. The van der Waals surface area contributed by atoms with Gasteiger partial charge in [0.05, 0.1) is 19.3 Å². The van der Waals surface area contributed by atoms with E-state index in [1.54, 1.807) is 0 Å². The maximum atomic E-state index is 12.9. The molecule has 1 unspecified atom stereocenters. The van der Waals surface area contributed by atoms with Crippen molar-refractivity contribution in [2.45, 2.75) is 12.3 Å². The van der Waals surface area contributed by atoms with Gasteiger partial charge in [-0.1, -0.05) is 0 Å². The molecule has 0 spiro atoms. The van der Waals surface area contributed by atoms with Crippen LogP contribution in [0.15, 0.2) is 0 Å². The number of thioether (sulfide) groups is 1. The second-order valence-corrected chi connectivity index (χ2v) is 3.78. The number of ether oxygens (including phenoxy) is 1. The fraction of sp³-hybridized carbons (Fsp3) is 0.857. The quantitative estimate of drug-likeness (QED) is 0.627. The average Bonchev–Trinajstić information content (AvgIpc) is 2.31. The zero-order valence-corrected chi connectivity index (χ0v) is 7.50. The molecule has 0 bridgehead atoms. The summed E-state index contributed by atoms with van der Waals surface area (Å²) >= 11 is 1.18. The number of carbonyl (C=O) groups is 1. The van der Waals surface area contributed by atoms with E-state index in [4.69, 9.17) is 0 Å². The third kappa shape index (κ3) is 2.09. The van der Waals surface area contributed by atoms with E-state index in [1.807, 2.05) is 0 Å². The standard InChI is InChI=1S/C7H10F2O2S/c1-11-6(10)2-5-3-12-4-7(5,8)9/h5H,2-4H2,1H3. The first-order valence-corrected chi connectivity index (χ1v) is 4.74. The highest BCUT2D eigenvalue weighted by atomic mass is 32.2. The molecule has 1 atom stereocenters. The summed E-state index contributed by atoms with van der Waals surface area (Å²) in [5, 5.41) is 0. The molecule has 1 heterocycles. The van der Waals surface area contributed by atoms with Gasteiger partial charge in [0, 0.05) is 11.7 Å². The minimum absolute atomic E-state index is 0.170. The Morgan fingerprint density at radius 1 is 1.75 bits per heavy atom. The molecule has 70 valence electrons. The Balaban J connectivity index is 2.47. The van der Waals surface area contributed by atoms with Crippen LogP contribution in [-0.4, -0.2) is 30.5 Å². The van der Waals surface area contributed by atoms with Gasteiger partial charge in [0.2, 0.25) is 0 Å². The molecule has 0 aromatic rings. The van der Waals surface area contributed by atoms with Crippen LogP contribution in [0.5, 0.6) is 0 Å². The number of esters is 1. The molecular formula is C7H10F2O2S. The molecule has 1 aliphatic heterocycles. The summed E-state index contributed by atoms with van der Waals surface area (Å²) in [5.41, 5.74) is 0. The number of methoxy groups -OCH3 is 1. The molecular weight excluding hydrogens is 186 g/mol. The van der Waals surface area contributed by atoms with Crippen LogP contribution in [0, 0.1) is 5.92 Å². The lowest BCUT2D eigenvalue weighted by Crippen LogP contribution is -2.28. The van der Waals surface area contributed by atoms with Crippen LogP contribution >= 0.6 is 11.8 Å². The fourth-order valence-electron chi connectivity index (χ4n) is 1.07. The molecule has 0 aliphatic carbocycles. The third-order valence-electron chi connectivity index (χ3n) is 1.85. The minimum atomic E-state index is -2.70. The van der Waals surface area contributed by atoms with Gasteiger partial charge >= 0.3 is 5.97 Å². The van der Waals surface area contributed by atoms with Crippen molar-refractivity contribution in [1.29, 1.82) is 0 Å². The van der Waals surface area contributed by atoms with Crippen molar-refractivity contribution in [3.8, 4) is 0 Å². The van der Waals surface area contributed by atoms with Crippen molar-refractivity contribution in [3.63, 3.8) is 0 Å². The van der Waals surface area contributed by atoms with Crippen molar-refractivity contribution in [3.05, 3.63) is 0 Å². The minimum Gasteiger partial charge on any atom is -0.469 e. The lowest BCUT2D eigenvalue weighted by Gasteiger charge is -2.15. The zero-order chi connectivity index (χ0) is 9.19. The van der Waals surface area contributed by atoms with Crippen LogP contribution in [-0.2, 0) is 9.53 Å². The molecule has 12 heavy (non-hydrogen) atoms. The highest BCUT2D eigenvalue weighted by Crippen LogP contribution is 2.40. The Labute approximate surface area is 73.7 Å². The predicted molar refractivity (Wildman–Crippen MR) is 42.4 cm³/mol.